The van der Waals surface area contributed by atoms with Crippen LogP contribution in [0.25, 0.3) is 0 Å². The molecule has 0 aliphatic carbocycles. The normalized spacial score (nSPS) is 15.8. The number of piperazine rings is 1. The Morgan fingerprint density at radius 1 is 1.22 bits per heavy atom. The van der Waals surface area contributed by atoms with Gasteiger partial charge in [0.2, 0.25) is 0 Å². The highest BCUT2D eigenvalue weighted by molar-refractivity contribution is 6.30. The molecule has 27 heavy (non-hydrogen) atoms. The number of halogens is 1. The number of ether oxygens (including phenoxy) is 1. The van der Waals surface area contributed by atoms with Gasteiger partial charge >= 0.3 is 0 Å². The van der Waals surface area contributed by atoms with Gasteiger partial charge < -0.3 is 19.5 Å². The molecule has 0 unspecified atom stereocenters. The molecule has 1 N–H and O–H groups in total. The van der Waals surface area contributed by atoms with Crippen LogP contribution in [0.15, 0.2) is 46.1 Å². The van der Waals surface area contributed by atoms with Crippen LogP contribution in [0.2, 0.25) is 5.02 Å². The fourth-order valence-corrected chi connectivity index (χ4v) is 3.06. The van der Waals surface area contributed by atoms with E-state index in [0.717, 1.165) is 56.7 Å². The molecule has 0 amide bonds. The summed E-state index contributed by atoms with van der Waals surface area (Å²) < 4.78 is 10.6. The summed E-state index contributed by atoms with van der Waals surface area (Å²) >= 11 is 5.88. The van der Waals surface area contributed by atoms with E-state index in [1.165, 1.54) is 0 Å². The fraction of sp³-hybridized carbons (Fsp3) is 0.474. The zero-order chi connectivity index (χ0) is 18.9. The van der Waals surface area contributed by atoms with Gasteiger partial charge in [-0.15, -0.1) is 0 Å². The Balaban J connectivity index is 1.45. The Morgan fingerprint density at radius 3 is 2.67 bits per heavy atom. The second kappa shape index (κ2) is 10.2. The van der Waals surface area contributed by atoms with Crippen molar-refractivity contribution in [2.45, 2.75) is 13.5 Å². The molecule has 2 aromatic rings. The molecule has 1 fully saturated rings. The fourth-order valence-electron chi connectivity index (χ4n) is 2.94. The van der Waals surface area contributed by atoms with Crippen LogP contribution in [0.4, 0.5) is 0 Å². The van der Waals surface area contributed by atoms with Gasteiger partial charge in [-0.05, 0) is 31.2 Å². The minimum absolute atomic E-state index is 0.530. The molecular formula is C19H26ClN5O2. The zero-order valence-corrected chi connectivity index (χ0v) is 16.4. The largest absolute Gasteiger partial charge is 0.492 e. The van der Waals surface area contributed by atoms with Crippen LogP contribution >= 0.6 is 11.6 Å². The Kier molecular flexibility index (Phi) is 7.36. The van der Waals surface area contributed by atoms with Crippen molar-refractivity contribution >= 4 is 17.6 Å². The number of nitrogens with zero attached hydrogens (tertiary/aromatic N) is 4. The standard InChI is InChI=1S/C19H26ClN5O2/c1-2-21-19(22-8-14-26-18-5-3-16(20)4-6-18)25-11-9-24(10-12-25)15-17-7-13-27-23-17/h3-7,13H,2,8-12,14-15H2,1H3,(H,21,22). The van der Waals surface area contributed by atoms with Crippen LogP contribution in [0.5, 0.6) is 5.75 Å². The highest BCUT2D eigenvalue weighted by Gasteiger charge is 2.20. The molecule has 1 aromatic heterocycles. The molecule has 8 heteroatoms. The Hall–Kier alpha value is -2.25. The summed E-state index contributed by atoms with van der Waals surface area (Å²) in [5.74, 6) is 1.75. The lowest BCUT2D eigenvalue weighted by atomic mass is 10.3. The van der Waals surface area contributed by atoms with E-state index in [0.29, 0.717) is 18.2 Å². The molecule has 3 rings (SSSR count). The minimum atomic E-state index is 0.530. The predicted octanol–water partition coefficient (Wildman–Crippen LogP) is 2.49. The Bertz CT molecular complexity index is 697. The van der Waals surface area contributed by atoms with Crippen LogP contribution in [-0.2, 0) is 6.54 Å². The third-order valence-electron chi connectivity index (χ3n) is 4.32. The van der Waals surface area contributed by atoms with Crippen LogP contribution in [0.1, 0.15) is 12.6 Å². The average Bonchev–Trinajstić information content (AvgIpc) is 3.19. The van der Waals surface area contributed by atoms with Crippen molar-refractivity contribution in [1.82, 2.24) is 20.3 Å². The number of hydrogen-bond acceptors (Lipinski definition) is 5. The lowest BCUT2D eigenvalue weighted by molar-refractivity contribution is 0.169. The van der Waals surface area contributed by atoms with Crippen molar-refractivity contribution in [2.24, 2.45) is 4.99 Å². The molecule has 1 aromatic carbocycles. The highest BCUT2D eigenvalue weighted by atomic mass is 35.5. The molecule has 0 bridgehead atoms. The van der Waals surface area contributed by atoms with Crippen LogP contribution in [0, 0.1) is 0 Å². The summed E-state index contributed by atoms with van der Waals surface area (Å²) in [7, 11) is 0. The van der Waals surface area contributed by atoms with Gasteiger partial charge in [0.15, 0.2) is 5.96 Å². The number of nitrogens with one attached hydrogen (secondary N) is 1. The molecule has 0 spiro atoms. The molecule has 2 heterocycles. The SMILES string of the molecule is CCNC(=NCCOc1ccc(Cl)cc1)N1CCN(Cc2ccon2)CC1. The van der Waals surface area contributed by atoms with Gasteiger partial charge in [0.05, 0.1) is 12.2 Å². The lowest BCUT2D eigenvalue weighted by Gasteiger charge is -2.36. The van der Waals surface area contributed by atoms with Crippen molar-refractivity contribution in [1.29, 1.82) is 0 Å². The molecule has 0 saturated carbocycles. The van der Waals surface area contributed by atoms with Gasteiger partial charge in [-0.25, -0.2) is 4.99 Å². The third-order valence-corrected chi connectivity index (χ3v) is 4.57. The number of hydrogen-bond donors (Lipinski definition) is 1. The molecule has 7 nitrogen and oxygen atoms in total. The Morgan fingerprint density at radius 2 is 2.00 bits per heavy atom. The van der Waals surface area contributed by atoms with Gasteiger partial charge in [-0.3, -0.25) is 4.90 Å². The maximum atomic E-state index is 5.88. The number of aromatic nitrogens is 1. The summed E-state index contributed by atoms with van der Waals surface area (Å²) in [6.45, 7) is 8.69. The second-order valence-corrected chi connectivity index (χ2v) is 6.73. The molecular weight excluding hydrogens is 366 g/mol. The monoisotopic (exact) mass is 391 g/mol. The molecule has 1 aliphatic rings. The van der Waals surface area contributed by atoms with Crippen LogP contribution < -0.4 is 10.1 Å². The summed E-state index contributed by atoms with van der Waals surface area (Å²) in [6, 6.07) is 9.29. The first-order valence-electron chi connectivity index (χ1n) is 9.28. The number of aliphatic imine (C=N–C) groups is 1. The smallest absolute Gasteiger partial charge is 0.194 e. The van der Waals surface area contributed by atoms with Crippen molar-refractivity contribution in [3.8, 4) is 5.75 Å². The van der Waals surface area contributed by atoms with Gasteiger partial charge in [0.1, 0.15) is 18.6 Å². The highest BCUT2D eigenvalue weighted by Crippen LogP contribution is 2.15. The topological polar surface area (TPSA) is 66.1 Å². The van der Waals surface area contributed by atoms with Gasteiger partial charge in [0, 0.05) is 50.4 Å². The quantitative estimate of drug-likeness (QED) is 0.444. The van der Waals surface area contributed by atoms with E-state index in [-0.39, 0.29) is 0 Å². The van der Waals surface area contributed by atoms with Gasteiger partial charge in [-0.1, -0.05) is 16.8 Å². The molecule has 1 aliphatic heterocycles. The van der Waals surface area contributed by atoms with Crippen molar-refractivity contribution in [3.05, 3.63) is 47.3 Å². The van der Waals surface area contributed by atoms with E-state index in [9.17, 15) is 0 Å². The maximum absolute atomic E-state index is 5.88. The third kappa shape index (κ3) is 6.15. The van der Waals surface area contributed by atoms with Crippen molar-refractivity contribution < 1.29 is 9.26 Å². The summed E-state index contributed by atoms with van der Waals surface area (Å²) in [5, 5.41) is 8.07. The Labute approximate surface area is 164 Å². The minimum Gasteiger partial charge on any atom is -0.492 e. The van der Waals surface area contributed by atoms with E-state index in [4.69, 9.17) is 25.9 Å². The van der Waals surface area contributed by atoms with Crippen LogP contribution in [-0.4, -0.2) is 66.8 Å². The molecule has 0 radical (unpaired) electrons. The maximum Gasteiger partial charge on any atom is 0.194 e. The van der Waals surface area contributed by atoms with E-state index in [1.807, 2.05) is 30.3 Å². The van der Waals surface area contributed by atoms with E-state index in [1.54, 1.807) is 6.26 Å². The summed E-state index contributed by atoms with van der Waals surface area (Å²) in [4.78, 5) is 9.38. The van der Waals surface area contributed by atoms with Crippen LogP contribution in [0.3, 0.4) is 0 Å². The lowest BCUT2D eigenvalue weighted by Crippen LogP contribution is -2.52. The summed E-state index contributed by atoms with van der Waals surface area (Å²) in [6.07, 6.45) is 1.62. The van der Waals surface area contributed by atoms with Crippen molar-refractivity contribution in [2.75, 3.05) is 45.9 Å². The second-order valence-electron chi connectivity index (χ2n) is 6.29. The average molecular weight is 392 g/mol. The number of guanidine groups is 1. The zero-order valence-electron chi connectivity index (χ0n) is 15.6. The van der Waals surface area contributed by atoms with E-state index in [2.05, 4.69) is 27.2 Å². The van der Waals surface area contributed by atoms with E-state index >= 15 is 0 Å². The summed E-state index contributed by atoms with van der Waals surface area (Å²) in [5.41, 5.74) is 0.975. The molecule has 1 saturated heterocycles. The molecule has 0 atom stereocenters. The van der Waals surface area contributed by atoms with Crippen molar-refractivity contribution in [3.63, 3.8) is 0 Å². The van der Waals surface area contributed by atoms with Gasteiger partial charge in [-0.2, -0.15) is 0 Å². The first-order valence-corrected chi connectivity index (χ1v) is 9.65. The predicted molar refractivity (Wildman–Crippen MR) is 106 cm³/mol. The van der Waals surface area contributed by atoms with E-state index < -0.39 is 0 Å². The first kappa shape index (κ1) is 19.5. The number of rotatable bonds is 7. The first-order chi connectivity index (χ1) is 13.2. The number of benzene rings is 1. The van der Waals surface area contributed by atoms with Gasteiger partial charge in [0.25, 0.3) is 0 Å². The molecule has 146 valence electrons.